The Morgan fingerprint density at radius 1 is 1.39 bits per heavy atom. The molecule has 0 bridgehead atoms. The Morgan fingerprint density at radius 2 is 2.26 bits per heavy atom. The molecule has 1 fully saturated rings. The highest BCUT2D eigenvalue weighted by atomic mass is 19.1. The Labute approximate surface area is 132 Å². The Morgan fingerprint density at radius 3 is 2.96 bits per heavy atom. The van der Waals surface area contributed by atoms with Crippen LogP contribution in [0.5, 0.6) is 11.6 Å². The van der Waals surface area contributed by atoms with Crippen molar-refractivity contribution in [2.45, 2.75) is 12.5 Å². The fraction of sp³-hybridized carbons (Fsp3) is 0.312. The summed E-state index contributed by atoms with van der Waals surface area (Å²) in [6.07, 6.45) is 5.20. The third-order valence-corrected chi connectivity index (χ3v) is 3.66. The van der Waals surface area contributed by atoms with Crippen LogP contribution in [0.25, 0.3) is 0 Å². The van der Waals surface area contributed by atoms with Crippen LogP contribution in [0, 0.1) is 5.82 Å². The average molecular weight is 317 g/mol. The van der Waals surface area contributed by atoms with Crippen molar-refractivity contribution in [1.82, 2.24) is 14.9 Å². The summed E-state index contributed by atoms with van der Waals surface area (Å²) < 4.78 is 24.3. The molecule has 1 atom stereocenters. The number of hydrogen-bond donors (Lipinski definition) is 0. The van der Waals surface area contributed by atoms with Gasteiger partial charge in [0.25, 0.3) is 5.91 Å². The minimum absolute atomic E-state index is 0.117. The Bertz CT molecular complexity index is 696. The summed E-state index contributed by atoms with van der Waals surface area (Å²) in [5, 5.41) is 0. The number of rotatable bonds is 4. The van der Waals surface area contributed by atoms with Crippen molar-refractivity contribution < 1.29 is 18.7 Å². The first-order valence-electron chi connectivity index (χ1n) is 7.23. The first kappa shape index (κ1) is 15.2. The summed E-state index contributed by atoms with van der Waals surface area (Å²) in [6.45, 7) is 0.987. The van der Waals surface area contributed by atoms with E-state index in [0.29, 0.717) is 31.0 Å². The van der Waals surface area contributed by atoms with Gasteiger partial charge in [0.1, 0.15) is 6.10 Å². The van der Waals surface area contributed by atoms with E-state index in [1.807, 2.05) is 0 Å². The molecule has 1 aliphatic heterocycles. The molecule has 0 radical (unpaired) electrons. The third kappa shape index (κ3) is 3.39. The van der Waals surface area contributed by atoms with Crippen LogP contribution in [-0.4, -0.2) is 47.1 Å². The number of hydrogen-bond acceptors (Lipinski definition) is 5. The average Bonchev–Trinajstić information content (AvgIpc) is 3.03. The molecule has 0 spiro atoms. The number of ether oxygens (including phenoxy) is 2. The molecule has 1 saturated heterocycles. The number of nitrogens with zero attached hydrogens (tertiary/aromatic N) is 3. The second kappa shape index (κ2) is 6.60. The zero-order chi connectivity index (χ0) is 16.2. The summed E-state index contributed by atoms with van der Waals surface area (Å²) in [6, 6.07) is 4.20. The maximum Gasteiger partial charge on any atom is 0.254 e. The van der Waals surface area contributed by atoms with Crippen LogP contribution in [0.1, 0.15) is 16.8 Å². The topological polar surface area (TPSA) is 64.5 Å². The molecule has 6 nitrogen and oxygen atoms in total. The fourth-order valence-corrected chi connectivity index (χ4v) is 2.51. The monoisotopic (exact) mass is 317 g/mol. The molecule has 23 heavy (non-hydrogen) atoms. The summed E-state index contributed by atoms with van der Waals surface area (Å²) in [4.78, 5) is 22.1. The molecule has 0 N–H and O–H groups in total. The molecular formula is C16H16FN3O3. The molecule has 1 aliphatic rings. The second-order valence-corrected chi connectivity index (χ2v) is 5.17. The van der Waals surface area contributed by atoms with E-state index in [-0.39, 0.29) is 17.8 Å². The van der Waals surface area contributed by atoms with Crippen LogP contribution < -0.4 is 9.47 Å². The molecule has 7 heteroatoms. The minimum atomic E-state index is -0.551. The van der Waals surface area contributed by atoms with Gasteiger partial charge < -0.3 is 14.4 Å². The van der Waals surface area contributed by atoms with Crippen molar-refractivity contribution >= 4 is 5.91 Å². The number of aromatic nitrogens is 2. The standard InChI is InChI=1S/C16H16FN3O3/c1-22-14-3-2-11(8-13(14)17)16(21)20-7-4-12(10-20)23-15-9-18-5-6-19-15/h2-3,5-6,8-9,12H,4,7,10H2,1H3/t12-/m1/s1. The largest absolute Gasteiger partial charge is 0.494 e. The molecule has 0 unspecified atom stereocenters. The lowest BCUT2D eigenvalue weighted by atomic mass is 10.2. The molecule has 0 aliphatic carbocycles. The Hall–Kier alpha value is -2.70. The smallest absolute Gasteiger partial charge is 0.254 e. The van der Waals surface area contributed by atoms with E-state index in [1.165, 1.54) is 25.4 Å². The van der Waals surface area contributed by atoms with Gasteiger partial charge in [0.15, 0.2) is 11.6 Å². The molecule has 2 aromatic rings. The highest BCUT2D eigenvalue weighted by Gasteiger charge is 2.29. The number of amides is 1. The van der Waals surface area contributed by atoms with Crippen LogP contribution in [0.2, 0.25) is 0 Å². The van der Waals surface area contributed by atoms with Gasteiger partial charge in [-0.2, -0.15) is 0 Å². The first-order valence-corrected chi connectivity index (χ1v) is 7.23. The van der Waals surface area contributed by atoms with E-state index in [9.17, 15) is 9.18 Å². The van der Waals surface area contributed by atoms with Gasteiger partial charge in [-0.25, -0.2) is 9.37 Å². The summed E-state index contributed by atoms with van der Waals surface area (Å²) in [5.74, 6) is -0.226. The molecule has 1 aromatic carbocycles. The van der Waals surface area contributed by atoms with E-state index < -0.39 is 5.82 Å². The minimum Gasteiger partial charge on any atom is -0.494 e. The normalized spacial score (nSPS) is 17.1. The van der Waals surface area contributed by atoms with Crippen LogP contribution in [0.4, 0.5) is 4.39 Å². The molecule has 1 aromatic heterocycles. The fourth-order valence-electron chi connectivity index (χ4n) is 2.51. The van der Waals surface area contributed by atoms with Gasteiger partial charge in [-0.15, -0.1) is 0 Å². The van der Waals surface area contributed by atoms with Crippen LogP contribution in [0.3, 0.4) is 0 Å². The molecule has 1 amide bonds. The number of methoxy groups -OCH3 is 1. The highest BCUT2D eigenvalue weighted by molar-refractivity contribution is 5.94. The lowest BCUT2D eigenvalue weighted by Crippen LogP contribution is -2.31. The maximum atomic E-state index is 13.7. The lowest BCUT2D eigenvalue weighted by molar-refractivity contribution is 0.0770. The SMILES string of the molecule is COc1ccc(C(=O)N2CC[C@@H](Oc3cnccn3)C2)cc1F. The zero-order valence-corrected chi connectivity index (χ0v) is 12.6. The summed E-state index contributed by atoms with van der Waals surface area (Å²) in [7, 11) is 1.38. The maximum absolute atomic E-state index is 13.7. The highest BCUT2D eigenvalue weighted by Crippen LogP contribution is 2.21. The van der Waals surface area contributed by atoms with Crippen molar-refractivity contribution in [1.29, 1.82) is 0 Å². The first-order chi connectivity index (χ1) is 11.2. The molecule has 2 heterocycles. The van der Waals surface area contributed by atoms with Crippen molar-refractivity contribution in [2.75, 3.05) is 20.2 Å². The van der Waals surface area contributed by atoms with E-state index in [4.69, 9.17) is 9.47 Å². The predicted molar refractivity (Wildman–Crippen MR) is 79.9 cm³/mol. The Balaban J connectivity index is 1.64. The van der Waals surface area contributed by atoms with Crippen LogP contribution in [-0.2, 0) is 0 Å². The summed E-state index contributed by atoms with van der Waals surface area (Å²) in [5.41, 5.74) is 0.295. The van der Waals surface area contributed by atoms with Crippen molar-refractivity contribution in [3.05, 3.63) is 48.2 Å². The number of carbonyl (C=O) groups is 1. The Kier molecular flexibility index (Phi) is 4.36. The quantitative estimate of drug-likeness (QED) is 0.862. The van der Waals surface area contributed by atoms with Crippen molar-refractivity contribution in [3.8, 4) is 11.6 Å². The van der Waals surface area contributed by atoms with Crippen LogP contribution in [0.15, 0.2) is 36.8 Å². The van der Waals surface area contributed by atoms with Gasteiger partial charge in [0.05, 0.1) is 19.9 Å². The van der Waals surface area contributed by atoms with Crippen LogP contribution >= 0.6 is 0 Å². The van der Waals surface area contributed by atoms with E-state index in [2.05, 4.69) is 9.97 Å². The number of carbonyl (C=O) groups excluding carboxylic acids is 1. The van der Waals surface area contributed by atoms with E-state index >= 15 is 0 Å². The lowest BCUT2D eigenvalue weighted by Gasteiger charge is -2.17. The van der Waals surface area contributed by atoms with Gasteiger partial charge in [-0.05, 0) is 18.2 Å². The van der Waals surface area contributed by atoms with Gasteiger partial charge in [-0.3, -0.25) is 9.78 Å². The molecule has 3 rings (SSSR count). The van der Waals surface area contributed by atoms with Gasteiger partial charge >= 0.3 is 0 Å². The van der Waals surface area contributed by atoms with Gasteiger partial charge in [0, 0.05) is 30.9 Å². The molecule has 0 saturated carbocycles. The molecule has 120 valence electrons. The van der Waals surface area contributed by atoms with Gasteiger partial charge in [0.2, 0.25) is 5.88 Å². The third-order valence-electron chi connectivity index (χ3n) is 3.66. The second-order valence-electron chi connectivity index (χ2n) is 5.17. The predicted octanol–water partition coefficient (Wildman–Crippen LogP) is 1.92. The summed E-state index contributed by atoms with van der Waals surface area (Å²) >= 11 is 0. The van der Waals surface area contributed by atoms with Crippen molar-refractivity contribution in [2.24, 2.45) is 0 Å². The number of halogens is 1. The van der Waals surface area contributed by atoms with E-state index in [1.54, 1.807) is 23.4 Å². The number of benzene rings is 1. The van der Waals surface area contributed by atoms with Gasteiger partial charge in [-0.1, -0.05) is 0 Å². The van der Waals surface area contributed by atoms with Crippen molar-refractivity contribution in [3.63, 3.8) is 0 Å². The zero-order valence-electron chi connectivity index (χ0n) is 12.6. The number of likely N-dealkylation sites (tertiary alicyclic amines) is 1. The molecular weight excluding hydrogens is 301 g/mol. The van der Waals surface area contributed by atoms with E-state index in [0.717, 1.165) is 0 Å².